The summed E-state index contributed by atoms with van der Waals surface area (Å²) in [6.45, 7) is 0. The van der Waals surface area contributed by atoms with E-state index in [4.69, 9.17) is 85.1 Å². The maximum Gasteiger partial charge on any atom is 0.0709 e. The van der Waals surface area contributed by atoms with Crippen LogP contribution in [0.4, 0.5) is 0 Å². The maximum atomic E-state index is 5.79. The molecule has 23 radical (unpaired) electrons. The van der Waals surface area contributed by atoms with E-state index in [1.54, 1.807) is 0 Å². The highest BCUT2D eigenvalue weighted by atomic mass is 79.9. The van der Waals surface area contributed by atoms with Crippen molar-refractivity contribution < 1.29 is 0 Å². The maximum absolute atomic E-state index is 5.79. The Hall–Kier alpha value is -0.566. The van der Waals surface area contributed by atoms with Gasteiger partial charge < -0.3 is 0 Å². The molecular formula is C17H12B21BrN. The van der Waals surface area contributed by atoms with Crippen LogP contribution in [0.2, 0.25) is 0 Å². The zero-order chi connectivity index (χ0) is 30.0. The van der Waals surface area contributed by atoms with Crippen LogP contribution in [0.5, 0.6) is 0 Å². The summed E-state index contributed by atoms with van der Waals surface area (Å²) in [7, 11) is 64.8. The Balaban J connectivity index is 0.000000281. The SMILES string of the molecule is Brc1cnc(-c2ccccc2)cc1-c1ccccc1.[B][B]B(B([B])[B])B(B(B([B])[B])B([B])[B])B(B([B])[B])B([B])[B]. The van der Waals surface area contributed by atoms with Crippen LogP contribution in [0.1, 0.15) is 0 Å². The number of rotatable bonds is 11. The summed E-state index contributed by atoms with van der Waals surface area (Å²) < 4.78 is 1.01. The third kappa shape index (κ3) is 10.0. The van der Waals surface area contributed by atoms with Gasteiger partial charge in [-0.3, -0.25) is 4.98 Å². The van der Waals surface area contributed by atoms with Crippen LogP contribution in [0.25, 0.3) is 22.4 Å². The molecule has 1 heterocycles. The van der Waals surface area contributed by atoms with Crippen LogP contribution in [-0.4, -0.2) is 155 Å². The highest BCUT2D eigenvalue weighted by molar-refractivity contribution is 9.10. The molecule has 0 amide bonds. The summed E-state index contributed by atoms with van der Waals surface area (Å²) >= 11 is 3.58. The second kappa shape index (κ2) is 17.5. The molecule has 40 heavy (non-hydrogen) atoms. The van der Waals surface area contributed by atoms with Crippen LogP contribution in [0.15, 0.2) is 77.4 Å². The van der Waals surface area contributed by atoms with Crippen molar-refractivity contribution in [3.63, 3.8) is 0 Å². The van der Waals surface area contributed by atoms with Crippen LogP contribution in [0.3, 0.4) is 0 Å². The van der Waals surface area contributed by atoms with Gasteiger partial charge in [0.2, 0.25) is 0 Å². The van der Waals surface area contributed by atoms with Crippen molar-refractivity contribution in [2.24, 2.45) is 0 Å². The van der Waals surface area contributed by atoms with E-state index in [9.17, 15) is 0 Å². The van der Waals surface area contributed by atoms with Gasteiger partial charge in [-0.2, -0.15) is 0 Å². The fourth-order valence-electron chi connectivity index (χ4n) is 4.87. The summed E-state index contributed by atoms with van der Waals surface area (Å²) in [5, 5.41) is 0. The summed E-state index contributed by atoms with van der Waals surface area (Å²) in [5.74, 6) is 0. The van der Waals surface area contributed by atoms with Crippen LogP contribution < -0.4 is 0 Å². The van der Waals surface area contributed by atoms with E-state index in [0.717, 1.165) is 21.3 Å². The smallest absolute Gasteiger partial charge is 0.0709 e. The van der Waals surface area contributed by atoms with Gasteiger partial charge in [-0.15, -0.1) is 0 Å². The van der Waals surface area contributed by atoms with Crippen molar-refractivity contribution in [1.82, 2.24) is 4.98 Å². The van der Waals surface area contributed by atoms with E-state index in [2.05, 4.69) is 51.2 Å². The standard InChI is InChI=1S/C17H12BrN.B21/c18-16-12-19-17(14-9-5-2-6-10-14)11-15(16)13-7-3-1-4-8-13;1-12-18(13(2)3)21(19(14(4)5)15(6)7)20(16(8)9)17(10)11/h1-12H;. The Morgan fingerprint density at radius 3 is 1.38 bits per heavy atom. The van der Waals surface area contributed by atoms with Crippen molar-refractivity contribution in [1.29, 1.82) is 0 Å². The van der Waals surface area contributed by atoms with Gasteiger partial charge >= 0.3 is 0 Å². The van der Waals surface area contributed by atoms with E-state index in [-0.39, 0.29) is 0 Å². The molecule has 0 saturated carbocycles. The lowest BCUT2D eigenvalue weighted by atomic mass is 8.38. The molecule has 23 heteroatoms. The molecular weight excluding hydrogens is 525 g/mol. The zero-order valence-corrected chi connectivity index (χ0v) is 24.0. The molecule has 0 aliphatic carbocycles. The van der Waals surface area contributed by atoms with Crippen LogP contribution in [-0.2, 0) is 0 Å². The number of pyridine rings is 1. The van der Waals surface area contributed by atoms with Crippen molar-refractivity contribution in [2.75, 3.05) is 0 Å². The van der Waals surface area contributed by atoms with Crippen molar-refractivity contribution in [2.45, 2.75) is 0 Å². The molecule has 0 saturated heterocycles. The number of nitrogens with zero attached hydrogens (tertiary/aromatic N) is 1. The molecule has 0 N–H and O–H groups in total. The molecule has 0 bridgehead atoms. The first kappa shape index (κ1) is 35.6. The Morgan fingerprint density at radius 2 is 1.00 bits per heavy atom. The van der Waals surface area contributed by atoms with Gasteiger partial charge in [0.1, 0.15) is 0 Å². The predicted molar refractivity (Wildman–Crippen MR) is 204 cm³/mol. The Morgan fingerprint density at radius 1 is 0.575 bits per heavy atom. The molecule has 2 aromatic carbocycles. The second-order valence-electron chi connectivity index (χ2n) is 9.67. The minimum Gasteiger partial charge on any atom is -0.255 e. The minimum atomic E-state index is -0.879. The molecule has 0 atom stereocenters. The highest BCUT2D eigenvalue weighted by Gasteiger charge is 2.45. The molecule has 0 spiro atoms. The number of hydrogen-bond acceptors (Lipinski definition) is 1. The number of benzene rings is 2. The molecule has 3 rings (SSSR count). The van der Waals surface area contributed by atoms with Gasteiger partial charge in [0.15, 0.2) is 0 Å². The largest absolute Gasteiger partial charge is 0.255 e. The minimum absolute atomic E-state index is 0.574. The lowest BCUT2D eigenvalue weighted by Gasteiger charge is -2.43. The van der Waals surface area contributed by atoms with Crippen LogP contribution >= 0.6 is 15.9 Å². The Kier molecular flexibility index (Phi) is 15.6. The van der Waals surface area contributed by atoms with Crippen molar-refractivity contribution >= 4 is 166 Å². The number of aromatic nitrogens is 1. The highest BCUT2D eigenvalue weighted by Crippen LogP contribution is 2.30. The lowest BCUT2D eigenvalue weighted by molar-refractivity contribution is 1.31. The molecule has 1 aromatic heterocycles. The molecule has 0 fully saturated rings. The second-order valence-corrected chi connectivity index (χ2v) is 10.5. The van der Waals surface area contributed by atoms with Gasteiger partial charge in [0.05, 0.1) is 5.69 Å². The molecule has 3 aromatic rings. The summed E-state index contributed by atoms with van der Waals surface area (Å²) in [5.41, 5.74) is 4.47. The predicted octanol–water partition coefficient (Wildman–Crippen LogP) is -2.82. The first-order chi connectivity index (χ1) is 18.9. The van der Waals surface area contributed by atoms with Gasteiger partial charge in [0, 0.05) is 166 Å². The third-order valence-electron chi connectivity index (χ3n) is 6.79. The zero-order valence-electron chi connectivity index (χ0n) is 22.4. The van der Waals surface area contributed by atoms with E-state index >= 15 is 0 Å². The monoisotopic (exact) mass is 540 g/mol. The van der Waals surface area contributed by atoms with E-state index in [1.807, 2.05) is 42.6 Å². The Bertz CT molecular complexity index is 1100. The average Bonchev–Trinajstić information content (AvgIpc) is 2.90. The first-order valence-electron chi connectivity index (χ1n) is 12.8. The van der Waals surface area contributed by atoms with Gasteiger partial charge in [-0.25, -0.2) is 0 Å². The quantitative estimate of drug-likeness (QED) is 0.241. The normalized spacial score (nSPS) is 9.72. The van der Waals surface area contributed by atoms with E-state index in [1.165, 1.54) is 12.6 Å². The molecule has 0 aliphatic rings. The summed E-state index contributed by atoms with van der Waals surface area (Å²) in [4.78, 5) is 4.49. The van der Waals surface area contributed by atoms with Gasteiger partial charge in [0.25, 0.3) is 0 Å². The fourth-order valence-corrected chi connectivity index (χ4v) is 5.31. The van der Waals surface area contributed by atoms with E-state index in [0.29, 0.717) is 0 Å². The molecule has 1 nitrogen and oxygen atoms in total. The molecule has 0 aliphatic heterocycles. The van der Waals surface area contributed by atoms with Crippen molar-refractivity contribution in [3.05, 3.63) is 77.4 Å². The Labute approximate surface area is 268 Å². The van der Waals surface area contributed by atoms with Crippen LogP contribution in [0, 0.1) is 0 Å². The number of halogens is 1. The van der Waals surface area contributed by atoms with E-state index < -0.39 is 57.5 Å². The third-order valence-corrected chi connectivity index (χ3v) is 7.42. The summed E-state index contributed by atoms with van der Waals surface area (Å²) in [6.07, 6.45) is -4.91. The fraction of sp³-hybridized carbons (Fsp3) is 0. The lowest BCUT2D eigenvalue weighted by Crippen LogP contribution is -2.81. The van der Waals surface area contributed by atoms with Gasteiger partial charge in [-0.1, -0.05) is 60.7 Å². The average molecular weight is 537 g/mol. The summed E-state index contributed by atoms with van der Waals surface area (Å²) in [6, 6.07) is 22.7. The topological polar surface area (TPSA) is 12.9 Å². The number of hydrogen-bond donors (Lipinski definition) is 0. The van der Waals surface area contributed by atoms with Gasteiger partial charge in [-0.05, 0) is 33.1 Å². The molecule has 155 valence electrons. The first-order valence-corrected chi connectivity index (χ1v) is 13.6. The molecule has 0 unspecified atom stereocenters. The van der Waals surface area contributed by atoms with Crippen molar-refractivity contribution in [3.8, 4) is 22.4 Å².